The van der Waals surface area contributed by atoms with E-state index in [1.165, 1.54) is 12.1 Å². The van der Waals surface area contributed by atoms with Gasteiger partial charge in [0.2, 0.25) is 0 Å². The third-order valence-corrected chi connectivity index (χ3v) is 3.00. The molecule has 0 fully saturated rings. The summed E-state index contributed by atoms with van der Waals surface area (Å²) < 4.78 is 13.4. The van der Waals surface area contributed by atoms with Crippen LogP contribution in [0.25, 0.3) is 10.9 Å². The summed E-state index contributed by atoms with van der Waals surface area (Å²) in [6, 6.07) is 15.4. The lowest BCUT2D eigenvalue weighted by molar-refractivity contribution is 0.629. The average molecular weight is 263 g/mol. The van der Waals surface area contributed by atoms with Crippen molar-refractivity contribution >= 4 is 22.3 Å². The van der Waals surface area contributed by atoms with Crippen LogP contribution in [0, 0.1) is 17.1 Å². The van der Waals surface area contributed by atoms with Crippen molar-refractivity contribution in [2.45, 2.75) is 0 Å². The smallest absolute Gasteiger partial charge is 0.124 e. The van der Waals surface area contributed by atoms with E-state index in [2.05, 4.69) is 16.4 Å². The molecule has 0 radical (unpaired) electrons. The zero-order valence-electron chi connectivity index (χ0n) is 10.5. The zero-order chi connectivity index (χ0) is 13.9. The normalized spacial score (nSPS) is 10.2. The molecule has 2 aromatic carbocycles. The molecule has 0 amide bonds. The largest absolute Gasteiger partial charge is 0.355 e. The Morgan fingerprint density at radius 2 is 1.85 bits per heavy atom. The molecule has 0 atom stereocenters. The molecule has 96 valence electrons. The van der Waals surface area contributed by atoms with Crippen LogP contribution in [0.5, 0.6) is 0 Å². The van der Waals surface area contributed by atoms with Crippen LogP contribution >= 0.6 is 0 Å². The SMILES string of the molecule is N#Cc1ccc(Nc2ccnc3ccc(F)cc23)cc1. The Labute approximate surface area is 115 Å². The van der Waals surface area contributed by atoms with Gasteiger partial charge in [0.15, 0.2) is 0 Å². The van der Waals surface area contributed by atoms with Crippen LogP contribution in [0.15, 0.2) is 54.7 Å². The summed E-state index contributed by atoms with van der Waals surface area (Å²) in [6.45, 7) is 0. The second-order valence-electron chi connectivity index (χ2n) is 4.33. The molecular weight excluding hydrogens is 253 g/mol. The lowest BCUT2D eigenvalue weighted by atomic mass is 10.1. The zero-order valence-corrected chi connectivity index (χ0v) is 10.5. The Morgan fingerprint density at radius 1 is 1.05 bits per heavy atom. The highest BCUT2D eigenvalue weighted by molar-refractivity contribution is 5.92. The molecule has 3 aromatic rings. The van der Waals surface area contributed by atoms with E-state index in [0.717, 1.165) is 22.3 Å². The first-order valence-corrected chi connectivity index (χ1v) is 6.08. The van der Waals surface area contributed by atoms with E-state index in [0.29, 0.717) is 5.56 Å². The fourth-order valence-electron chi connectivity index (χ4n) is 2.01. The predicted octanol–water partition coefficient (Wildman–Crippen LogP) is 3.99. The molecule has 0 spiro atoms. The maximum atomic E-state index is 13.4. The summed E-state index contributed by atoms with van der Waals surface area (Å²) in [5.74, 6) is -0.298. The third kappa shape index (κ3) is 2.29. The van der Waals surface area contributed by atoms with Crippen molar-refractivity contribution in [1.29, 1.82) is 5.26 Å². The minimum Gasteiger partial charge on any atom is -0.355 e. The van der Waals surface area contributed by atoms with Crippen molar-refractivity contribution in [3.63, 3.8) is 0 Å². The lowest BCUT2D eigenvalue weighted by Crippen LogP contribution is -1.93. The van der Waals surface area contributed by atoms with Crippen molar-refractivity contribution < 1.29 is 4.39 Å². The maximum Gasteiger partial charge on any atom is 0.124 e. The number of nitrogens with zero attached hydrogens (tertiary/aromatic N) is 2. The topological polar surface area (TPSA) is 48.7 Å². The molecule has 3 nitrogen and oxygen atoms in total. The van der Waals surface area contributed by atoms with E-state index in [4.69, 9.17) is 5.26 Å². The predicted molar refractivity (Wildman–Crippen MR) is 76.1 cm³/mol. The highest BCUT2D eigenvalue weighted by atomic mass is 19.1. The van der Waals surface area contributed by atoms with Gasteiger partial charge in [-0.3, -0.25) is 4.98 Å². The Kier molecular flexibility index (Phi) is 3.02. The van der Waals surface area contributed by atoms with Gasteiger partial charge in [0.05, 0.1) is 17.1 Å². The highest BCUT2D eigenvalue weighted by Crippen LogP contribution is 2.25. The Morgan fingerprint density at radius 3 is 2.60 bits per heavy atom. The Bertz CT molecular complexity index is 804. The van der Waals surface area contributed by atoms with Crippen molar-refractivity contribution in [3.05, 3.63) is 66.1 Å². The summed E-state index contributed by atoms with van der Waals surface area (Å²) in [6.07, 6.45) is 1.67. The van der Waals surface area contributed by atoms with Crippen LogP contribution < -0.4 is 5.32 Å². The second kappa shape index (κ2) is 4.98. The fraction of sp³-hybridized carbons (Fsp3) is 0. The first kappa shape index (κ1) is 12.1. The number of halogens is 1. The number of anilines is 2. The molecule has 20 heavy (non-hydrogen) atoms. The molecule has 1 aromatic heterocycles. The van der Waals surface area contributed by atoms with Crippen LogP contribution in [-0.4, -0.2) is 4.98 Å². The molecule has 1 heterocycles. The Hall–Kier alpha value is -2.93. The van der Waals surface area contributed by atoms with Gasteiger partial charge in [0.25, 0.3) is 0 Å². The van der Waals surface area contributed by atoms with Gasteiger partial charge in [-0.1, -0.05) is 0 Å². The van der Waals surface area contributed by atoms with Crippen LogP contribution in [0.1, 0.15) is 5.56 Å². The molecular formula is C16H10FN3. The van der Waals surface area contributed by atoms with Gasteiger partial charge in [-0.25, -0.2) is 4.39 Å². The standard InChI is InChI=1S/C16H10FN3/c17-12-3-6-15-14(9-12)16(7-8-19-15)20-13-4-1-11(10-18)2-5-13/h1-9H,(H,19,20). The van der Waals surface area contributed by atoms with Gasteiger partial charge < -0.3 is 5.32 Å². The number of pyridine rings is 1. The molecule has 1 N–H and O–H groups in total. The fourth-order valence-corrected chi connectivity index (χ4v) is 2.01. The number of fused-ring (bicyclic) bond motifs is 1. The summed E-state index contributed by atoms with van der Waals surface area (Å²) in [7, 11) is 0. The minimum absolute atomic E-state index is 0.298. The molecule has 0 aliphatic rings. The van der Waals surface area contributed by atoms with Crippen LogP contribution in [0.3, 0.4) is 0 Å². The van der Waals surface area contributed by atoms with Gasteiger partial charge in [0, 0.05) is 23.0 Å². The van der Waals surface area contributed by atoms with Gasteiger partial charge in [-0.05, 0) is 48.5 Å². The van der Waals surface area contributed by atoms with E-state index >= 15 is 0 Å². The first-order chi connectivity index (χ1) is 9.76. The summed E-state index contributed by atoms with van der Waals surface area (Å²) in [5.41, 5.74) is 2.94. The summed E-state index contributed by atoms with van der Waals surface area (Å²) in [5, 5.41) is 12.7. The lowest BCUT2D eigenvalue weighted by Gasteiger charge is -2.09. The third-order valence-electron chi connectivity index (χ3n) is 3.00. The summed E-state index contributed by atoms with van der Waals surface area (Å²) >= 11 is 0. The molecule has 3 rings (SSSR count). The Balaban J connectivity index is 2.01. The highest BCUT2D eigenvalue weighted by Gasteiger charge is 2.04. The van der Waals surface area contributed by atoms with E-state index in [9.17, 15) is 4.39 Å². The van der Waals surface area contributed by atoms with E-state index in [1.807, 2.05) is 12.1 Å². The van der Waals surface area contributed by atoms with Gasteiger partial charge in [-0.15, -0.1) is 0 Å². The van der Waals surface area contributed by atoms with E-state index < -0.39 is 0 Å². The number of nitrogens with one attached hydrogen (secondary N) is 1. The quantitative estimate of drug-likeness (QED) is 0.760. The number of benzene rings is 2. The minimum atomic E-state index is -0.298. The molecule has 0 bridgehead atoms. The number of rotatable bonds is 2. The second-order valence-corrected chi connectivity index (χ2v) is 4.33. The van der Waals surface area contributed by atoms with Crippen molar-refractivity contribution in [2.75, 3.05) is 5.32 Å². The van der Waals surface area contributed by atoms with Gasteiger partial charge in [-0.2, -0.15) is 5.26 Å². The van der Waals surface area contributed by atoms with Crippen molar-refractivity contribution in [1.82, 2.24) is 4.98 Å². The molecule has 0 saturated carbocycles. The number of hydrogen-bond donors (Lipinski definition) is 1. The van der Waals surface area contributed by atoms with Gasteiger partial charge in [0.1, 0.15) is 5.82 Å². The van der Waals surface area contributed by atoms with Crippen molar-refractivity contribution in [3.8, 4) is 6.07 Å². The molecule has 4 heteroatoms. The van der Waals surface area contributed by atoms with E-state index in [-0.39, 0.29) is 5.82 Å². The maximum absolute atomic E-state index is 13.4. The number of hydrogen-bond acceptors (Lipinski definition) is 3. The number of nitriles is 1. The van der Waals surface area contributed by atoms with Gasteiger partial charge >= 0.3 is 0 Å². The first-order valence-electron chi connectivity index (χ1n) is 6.08. The molecule has 0 saturated heterocycles. The van der Waals surface area contributed by atoms with E-state index in [1.54, 1.807) is 30.5 Å². The van der Waals surface area contributed by atoms with Crippen LogP contribution in [0.2, 0.25) is 0 Å². The van der Waals surface area contributed by atoms with Crippen molar-refractivity contribution in [2.24, 2.45) is 0 Å². The van der Waals surface area contributed by atoms with Crippen LogP contribution in [-0.2, 0) is 0 Å². The molecule has 0 aliphatic carbocycles. The average Bonchev–Trinajstić information content (AvgIpc) is 2.49. The molecule has 0 unspecified atom stereocenters. The molecule has 0 aliphatic heterocycles. The monoisotopic (exact) mass is 263 g/mol. The van der Waals surface area contributed by atoms with Crippen LogP contribution in [0.4, 0.5) is 15.8 Å². The summed E-state index contributed by atoms with van der Waals surface area (Å²) in [4.78, 5) is 4.20. The number of aromatic nitrogens is 1.